The molecule has 3 rings (SSSR count). The van der Waals surface area contributed by atoms with Gasteiger partial charge in [0.05, 0.1) is 18.6 Å². The van der Waals surface area contributed by atoms with Gasteiger partial charge in [0, 0.05) is 19.5 Å². The Labute approximate surface area is 117 Å². The van der Waals surface area contributed by atoms with Crippen molar-refractivity contribution in [2.24, 2.45) is 5.73 Å². The van der Waals surface area contributed by atoms with Gasteiger partial charge in [-0.2, -0.15) is 0 Å². The van der Waals surface area contributed by atoms with E-state index in [0.29, 0.717) is 19.6 Å². The number of benzene rings is 1. The summed E-state index contributed by atoms with van der Waals surface area (Å²) in [6.45, 7) is 2.24. The lowest BCUT2D eigenvalue weighted by Gasteiger charge is -2.37. The smallest absolute Gasteiger partial charge is 0.231 e. The number of hydrogen-bond acceptors (Lipinski definition) is 5. The Bertz CT molecular complexity index is 512. The summed E-state index contributed by atoms with van der Waals surface area (Å²) in [5.74, 6) is 1.13. The molecule has 0 aromatic heterocycles. The van der Waals surface area contributed by atoms with Gasteiger partial charge in [-0.3, -0.25) is 4.79 Å². The molecule has 0 spiro atoms. The van der Waals surface area contributed by atoms with Crippen molar-refractivity contribution in [1.29, 1.82) is 0 Å². The molecule has 1 amide bonds. The summed E-state index contributed by atoms with van der Waals surface area (Å²) in [5, 5.41) is 3.26. The number of nitrogens with two attached hydrogens (primary N) is 1. The Morgan fingerprint density at radius 2 is 2.20 bits per heavy atom. The molecule has 1 atom stereocenters. The second-order valence-corrected chi connectivity index (χ2v) is 5.22. The van der Waals surface area contributed by atoms with Crippen molar-refractivity contribution < 1.29 is 19.0 Å². The molecule has 0 bridgehead atoms. The van der Waals surface area contributed by atoms with Gasteiger partial charge in [-0.15, -0.1) is 0 Å². The first kappa shape index (κ1) is 13.2. The van der Waals surface area contributed by atoms with Crippen LogP contribution in [0, 0.1) is 0 Å². The van der Waals surface area contributed by atoms with Crippen molar-refractivity contribution >= 4 is 5.91 Å². The number of hydrogen-bond donors (Lipinski definition) is 2. The number of nitrogens with one attached hydrogen (secondary N) is 1. The third kappa shape index (κ3) is 2.71. The SMILES string of the molecule is NC(=O)CC1(Cc2ccc3c(c2)OCO3)CNCCO1. The Morgan fingerprint density at radius 3 is 2.95 bits per heavy atom. The molecule has 1 saturated heterocycles. The molecule has 0 radical (unpaired) electrons. The summed E-state index contributed by atoms with van der Waals surface area (Å²) >= 11 is 0. The van der Waals surface area contributed by atoms with Gasteiger partial charge in [-0.1, -0.05) is 6.07 Å². The fourth-order valence-corrected chi connectivity index (χ4v) is 2.74. The second kappa shape index (κ2) is 5.30. The molecule has 1 fully saturated rings. The largest absolute Gasteiger partial charge is 0.454 e. The van der Waals surface area contributed by atoms with Gasteiger partial charge in [0.2, 0.25) is 12.7 Å². The van der Waals surface area contributed by atoms with E-state index in [4.69, 9.17) is 19.9 Å². The van der Waals surface area contributed by atoms with Crippen LogP contribution in [0.15, 0.2) is 18.2 Å². The highest BCUT2D eigenvalue weighted by Gasteiger charge is 2.35. The van der Waals surface area contributed by atoms with Crippen LogP contribution in [0.25, 0.3) is 0 Å². The monoisotopic (exact) mass is 278 g/mol. The molecule has 2 heterocycles. The van der Waals surface area contributed by atoms with E-state index in [1.165, 1.54) is 0 Å². The van der Waals surface area contributed by atoms with E-state index in [0.717, 1.165) is 23.6 Å². The van der Waals surface area contributed by atoms with Crippen LogP contribution in [0.3, 0.4) is 0 Å². The van der Waals surface area contributed by atoms with Crippen LogP contribution in [-0.4, -0.2) is 38.0 Å². The van der Waals surface area contributed by atoms with Crippen LogP contribution in [0.2, 0.25) is 0 Å². The Balaban J connectivity index is 1.80. The van der Waals surface area contributed by atoms with Crippen molar-refractivity contribution in [3.63, 3.8) is 0 Å². The third-order valence-corrected chi connectivity index (χ3v) is 3.59. The summed E-state index contributed by atoms with van der Waals surface area (Å²) in [6.07, 6.45) is 0.814. The van der Waals surface area contributed by atoms with E-state index in [-0.39, 0.29) is 19.1 Å². The molecule has 0 saturated carbocycles. The zero-order valence-electron chi connectivity index (χ0n) is 11.2. The quantitative estimate of drug-likeness (QED) is 0.821. The first-order valence-corrected chi connectivity index (χ1v) is 6.68. The van der Waals surface area contributed by atoms with Gasteiger partial charge in [0.25, 0.3) is 0 Å². The van der Waals surface area contributed by atoms with Gasteiger partial charge in [-0.05, 0) is 17.7 Å². The first-order chi connectivity index (χ1) is 9.67. The molecule has 20 heavy (non-hydrogen) atoms. The molecule has 6 heteroatoms. The van der Waals surface area contributed by atoms with Crippen molar-refractivity contribution in [2.45, 2.75) is 18.4 Å². The van der Waals surface area contributed by atoms with E-state index in [9.17, 15) is 4.79 Å². The molecule has 1 unspecified atom stereocenters. The summed E-state index contributed by atoms with van der Waals surface area (Å²) in [6, 6.07) is 5.78. The van der Waals surface area contributed by atoms with E-state index < -0.39 is 5.60 Å². The van der Waals surface area contributed by atoms with E-state index in [2.05, 4.69) is 5.32 Å². The van der Waals surface area contributed by atoms with E-state index in [1.54, 1.807) is 0 Å². The minimum atomic E-state index is -0.572. The van der Waals surface area contributed by atoms with E-state index >= 15 is 0 Å². The second-order valence-electron chi connectivity index (χ2n) is 5.22. The molecule has 1 aromatic rings. The predicted molar refractivity (Wildman–Crippen MR) is 71.6 cm³/mol. The minimum Gasteiger partial charge on any atom is -0.454 e. The third-order valence-electron chi connectivity index (χ3n) is 3.59. The van der Waals surface area contributed by atoms with Crippen LogP contribution >= 0.6 is 0 Å². The average molecular weight is 278 g/mol. The highest BCUT2D eigenvalue weighted by atomic mass is 16.7. The van der Waals surface area contributed by atoms with Gasteiger partial charge in [0.15, 0.2) is 11.5 Å². The van der Waals surface area contributed by atoms with Crippen LogP contribution in [0.1, 0.15) is 12.0 Å². The summed E-state index contributed by atoms with van der Waals surface area (Å²) in [4.78, 5) is 11.3. The fourth-order valence-electron chi connectivity index (χ4n) is 2.74. The van der Waals surface area contributed by atoms with Gasteiger partial charge < -0.3 is 25.3 Å². The summed E-state index contributed by atoms with van der Waals surface area (Å²) in [5.41, 5.74) is 5.83. The Kier molecular flexibility index (Phi) is 3.50. The van der Waals surface area contributed by atoms with Gasteiger partial charge >= 0.3 is 0 Å². The fraction of sp³-hybridized carbons (Fsp3) is 0.500. The number of morpholine rings is 1. The number of rotatable bonds is 4. The molecule has 108 valence electrons. The molecular formula is C14H18N2O4. The normalized spacial score (nSPS) is 24.6. The number of fused-ring (bicyclic) bond motifs is 1. The molecule has 3 N–H and O–H groups in total. The topological polar surface area (TPSA) is 82.8 Å². The highest BCUT2D eigenvalue weighted by molar-refractivity contribution is 5.75. The molecule has 6 nitrogen and oxygen atoms in total. The molecule has 2 aliphatic rings. The predicted octanol–water partition coefficient (Wildman–Crippen LogP) is 0.192. The number of amides is 1. The number of ether oxygens (including phenoxy) is 3. The van der Waals surface area contributed by atoms with Gasteiger partial charge in [0.1, 0.15) is 0 Å². The molecule has 0 aliphatic carbocycles. The number of carbonyl (C=O) groups excluding carboxylic acids is 1. The summed E-state index contributed by atoms with van der Waals surface area (Å²) < 4.78 is 16.5. The first-order valence-electron chi connectivity index (χ1n) is 6.68. The number of carbonyl (C=O) groups is 1. The van der Waals surface area contributed by atoms with Crippen molar-refractivity contribution in [3.05, 3.63) is 23.8 Å². The maximum Gasteiger partial charge on any atom is 0.231 e. The van der Waals surface area contributed by atoms with E-state index in [1.807, 2.05) is 18.2 Å². The Morgan fingerprint density at radius 1 is 1.35 bits per heavy atom. The van der Waals surface area contributed by atoms with Gasteiger partial charge in [-0.25, -0.2) is 0 Å². The minimum absolute atomic E-state index is 0.203. The van der Waals surface area contributed by atoms with Crippen LogP contribution in [0.5, 0.6) is 11.5 Å². The molecule has 2 aliphatic heterocycles. The maximum atomic E-state index is 11.3. The molecular weight excluding hydrogens is 260 g/mol. The van der Waals surface area contributed by atoms with Crippen molar-refractivity contribution in [3.8, 4) is 11.5 Å². The van der Waals surface area contributed by atoms with Crippen LogP contribution in [0.4, 0.5) is 0 Å². The summed E-state index contributed by atoms with van der Waals surface area (Å²) in [7, 11) is 0. The lowest BCUT2D eigenvalue weighted by Crippen LogP contribution is -2.53. The molecule has 1 aromatic carbocycles. The lowest BCUT2D eigenvalue weighted by atomic mass is 9.89. The standard InChI is InChI=1S/C14H18N2O4/c15-13(17)7-14(8-16-3-4-20-14)6-10-1-2-11-12(5-10)19-9-18-11/h1-2,5,16H,3-4,6-9H2,(H2,15,17). The highest BCUT2D eigenvalue weighted by Crippen LogP contribution is 2.34. The zero-order chi connectivity index (χ0) is 14.0. The Hall–Kier alpha value is -1.79. The van der Waals surface area contributed by atoms with Crippen molar-refractivity contribution in [1.82, 2.24) is 5.32 Å². The lowest BCUT2D eigenvalue weighted by molar-refractivity contribution is -0.128. The van der Waals surface area contributed by atoms with Crippen LogP contribution < -0.4 is 20.5 Å². The van der Waals surface area contributed by atoms with Crippen molar-refractivity contribution in [2.75, 3.05) is 26.5 Å². The zero-order valence-corrected chi connectivity index (χ0v) is 11.2. The number of primary amides is 1. The average Bonchev–Trinajstić information content (AvgIpc) is 2.86. The van der Waals surface area contributed by atoms with Crippen LogP contribution in [-0.2, 0) is 16.0 Å². The maximum absolute atomic E-state index is 11.3.